The van der Waals surface area contributed by atoms with Gasteiger partial charge in [-0.25, -0.2) is 9.97 Å². The van der Waals surface area contributed by atoms with Gasteiger partial charge in [-0.3, -0.25) is 4.79 Å². The van der Waals surface area contributed by atoms with Gasteiger partial charge < -0.3 is 0 Å². The molecule has 0 atom stereocenters. The fourth-order valence-electron chi connectivity index (χ4n) is 2.24. The molecule has 0 saturated heterocycles. The molecule has 0 saturated carbocycles. The highest BCUT2D eigenvalue weighted by Gasteiger charge is 2.36. The molecule has 0 bridgehead atoms. The van der Waals surface area contributed by atoms with Crippen molar-refractivity contribution >= 4 is 33.2 Å². The largest absolute Gasteiger partial charge is 0.436 e. The maximum absolute atomic E-state index is 12.8. The number of benzene rings is 2. The van der Waals surface area contributed by atoms with Gasteiger partial charge in [0, 0.05) is 5.56 Å². The van der Waals surface area contributed by atoms with E-state index >= 15 is 0 Å². The first-order chi connectivity index (χ1) is 10.9. The van der Waals surface area contributed by atoms with E-state index in [1.807, 2.05) is 0 Å². The predicted molar refractivity (Wildman–Crippen MR) is 83.1 cm³/mol. The number of hydrogen-bond acceptors (Lipinski definition) is 3. The van der Waals surface area contributed by atoms with Crippen molar-refractivity contribution in [2.75, 3.05) is 0 Å². The van der Waals surface area contributed by atoms with Crippen LogP contribution < -0.4 is 0 Å². The zero-order chi connectivity index (χ0) is 16.6. The third-order valence-corrected chi connectivity index (χ3v) is 3.84. The lowest BCUT2D eigenvalue weighted by atomic mass is 10.00. The van der Waals surface area contributed by atoms with Gasteiger partial charge in [-0.15, -0.1) is 0 Å². The molecule has 1 heterocycles. The van der Waals surface area contributed by atoms with E-state index in [1.165, 1.54) is 6.07 Å². The molecule has 0 aliphatic rings. The van der Waals surface area contributed by atoms with Crippen LogP contribution in [0.2, 0.25) is 0 Å². The normalized spacial score (nSPS) is 11.7. The Morgan fingerprint density at radius 3 is 2.43 bits per heavy atom. The van der Waals surface area contributed by atoms with Crippen molar-refractivity contribution in [1.29, 1.82) is 0 Å². The van der Waals surface area contributed by atoms with Crippen LogP contribution in [0.1, 0.15) is 16.1 Å². The number of carbonyl (C=O) groups excluding carboxylic acids is 1. The lowest BCUT2D eigenvalue weighted by Gasteiger charge is -2.10. The van der Waals surface area contributed by atoms with Crippen molar-refractivity contribution in [2.45, 2.75) is 6.18 Å². The number of aldehydes is 1. The average molecular weight is 381 g/mol. The minimum absolute atomic E-state index is 0.132. The SMILES string of the molecule is O=Cc1ccccc1-c1ccc2nc(C(F)(F)F)c(Br)nc2c1. The summed E-state index contributed by atoms with van der Waals surface area (Å²) >= 11 is 2.81. The number of nitrogens with zero attached hydrogens (tertiary/aromatic N) is 2. The Kier molecular flexibility index (Phi) is 3.89. The van der Waals surface area contributed by atoms with Gasteiger partial charge in [-0.05, 0) is 39.2 Å². The van der Waals surface area contributed by atoms with E-state index in [4.69, 9.17) is 0 Å². The molecule has 0 fully saturated rings. The second kappa shape index (κ2) is 5.73. The number of rotatable bonds is 2. The Balaban J connectivity index is 2.19. The van der Waals surface area contributed by atoms with E-state index in [0.717, 1.165) is 6.29 Å². The van der Waals surface area contributed by atoms with E-state index in [-0.39, 0.29) is 10.1 Å². The van der Waals surface area contributed by atoms with Crippen molar-refractivity contribution in [1.82, 2.24) is 9.97 Å². The third kappa shape index (κ3) is 2.96. The zero-order valence-corrected chi connectivity index (χ0v) is 13.0. The second-order valence-electron chi connectivity index (χ2n) is 4.77. The van der Waals surface area contributed by atoms with Gasteiger partial charge >= 0.3 is 6.18 Å². The Morgan fingerprint density at radius 1 is 1.00 bits per heavy atom. The molecule has 3 rings (SSSR count). The van der Waals surface area contributed by atoms with Gasteiger partial charge in [0.2, 0.25) is 0 Å². The molecular formula is C16H8BrF3N2O. The average Bonchev–Trinajstić information content (AvgIpc) is 2.52. The van der Waals surface area contributed by atoms with Crippen LogP contribution >= 0.6 is 15.9 Å². The molecule has 23 heavy (non-hydrogen) atoms. The summed E-state index contributed by atoms with van der Waals surface area (Å²) in [7, 11) is 0. The number of aromatic nitrogens is 2. The number of halogens is 4. The quantitative estimate of drug-likeness (QED) is 0.594. The number of fused-ring (bicyclic) bond motifs is 1. The molecular weight excluding hydrogens is 373 g/mol. The molecule has 0 aliphatic heterocycles. The van der Waals surface area contributed by atoms with Crippen LogP contribution in [0.4, 0.5) is 13.2 Å². The van der Waals surface area contributed by atoms with Gasteiger partial charge in [0.15, 0.2) is 12.0 Å². The van der Waals surface area contributed by atoms with Crippen LogP contribution in [-0.4, -0.2) is 16.3 Å². The van der Waals surface area contributed by atoms with Crippen LogP contribution in [0.5, 0.6) is 0 Å². The fraction of sp³-hybridized carbons (Fsp3) is 0.0625. The minimum Gasteiger partial charge on any atom is -0.298 e. The van der Waals surface area contributed by atoms with Gasteiger partial charge in [0.1, 0.15) is 4.60 Å². The molecule has 3 nitrogen and oxygen atoms in total. The molecule has 0 radical (unpaired) electrons. The highest BCUT2D eigenvalue weighted by molar-refractivity contribution is 9.10. The summed E-state index contributed by atoms with van der Waals surface area (Å²) in [5.74, 6) is 0. The molecule has 116 valence electrons. The summed E-state index contributed by atoms with van der Waals surface area (Å²) in [6.45, 7) is 0. The Bertz CT molecular complexity index is 909. The van der Waals surface area contributed by atoms with E-state index in [0.29, 0.717) is 22.2 Å². The maximum Gasteiger partial charge on any atom is 0.436 e. The predicted octanol–water partition coefficient (Wildman–Crippen LogP) is 4.89. The summed E-state index contributed by atoms with van der Waals surface area (Å²) in [6.07, 6.45) is -3.85. The van der Waals surface area contributed by atoms with E-state index in [1.54, 1.807) is 36.4 Å². The van der Waals surface area contributed by atoms with Crippen molar-refractivity contribution in [3.05, 3.63) is 58.3 Å². The summed E-state index contributed by atoms with van der Waals surface area (Å²) in [5, 5.41) is 0. The highest BCUT2D eigenvalue weighted by atomic mass is 79.9. The molecule has 0 N–H and O–H groups in total. The summed E-state index contributed by atoms with van der Waals surface area (Å²) < 4.78 is 38.2. The fourth-order valence-corrected chi connectivity index (χ4v) is 2.75. The maximum atomic E-state index is 12.8. The first kappa shape index (κ1) is 15.6. The van der Waals surface area contributed by atoms with Crippen LogP contribution in [0.15, 0.2) is 47.1 Å². The van der Waals surface area contributed by atoms with Crippen LogP contribution in [0.3, 0.4) is 0 Å². The van der Waals surface area contributed by atoms with E-state index in [9.17, 15) is 18.0 Å². The lowest BCUT2D eigenvalue weighted by molar-refractivity contribution is -0.141. The van der Waals surface area contributed by atoms with E-state index < -0.39 is 11.9 Å². The van der Waals surface area contributed by atoms with Gasteiger partial charge in [-0.2, -0.15) is 13.2 Å². The molecule has 3 aromatic rings. The lowest BCUT2D eigenvalue weighted by Crippen LogP contribution is -2.10. The number of hydrogen-bond donors (Lipinski definition) is 0. The highest BCUT2D eigenvalue weighted by Crippen LogP contribution is 2.34. The topological polar surface area (TPSA) is 42.9 Å². The molecule has 7 heteroatoms. The van der Waals surface area contributed by atoms with Gasteiger partial charge in [0.05, 0.1) is 11.0 Å². The monoisotopic (exact) mass is 380 g/mol. The second-order valence-corrected chi connectivity index (χ2v) is 5.52. The smallest absolute Gasteiger partial charge is 0.298 e. The molecule has 2 aromatic carbocycles. The van der Waals surface area contributed by atoms with E-state index in [2.05, 4.69) is 25.9 Å². The van der Waals surface area contributed by atoms with Gasteiger partial charge in [0.25, 0.3) is 0 Å². The Morgan fingerprint density at radius 2 is 1.74 bits per heavy atom. The van der Waals surface area contributed by atoms with Crippen molar-refractivity contribution < 1.29 is 18.0 Å². The molecule has 1 aromatic heterocycles. The van der Waals surface area contributed by atoms with Crippen molar-refractivity contribution in [3.8, 4) is 11.1 Å². The third-order valence-electron chi connectivity index (χ3n) is 3.29. The zero-order valence-electron chi connectivity index (χ0n) is 11.4. The first-order valence-electron chi connectivity index (χ1n) is 6.49. The van der Waals surface area contributed by atoms with Crippen molar-refractivity contribution in [3.63, 3.8) is 0 Å². The minimum atomic E-state index is -4.58. The van der Waals surface area contributed by atoms with Crippen LogP contribution in [0, 0.1) is 0 Å². The standard InChI is InChI=1S/C16H8BrF3N2O/c17-15-14(16(18,19)20)21-12-6-5-9(7-13(12)22-15)11-4-2-1-3-10(11)8-23/h1-8H. The first-order valence-corrected chi connectivity index (χ1v) is 7.28. The van der Waals surface area contributed by atoms with Crippen molar-refractivity contribution in [2.24, 2.45) is 0 Å². The van der Waals surface area contributed by atoms with Crippen LogP contribution in [0.25, 0.3) is 22.2 Å². The summed E-state index contributed by atoms with van der Waals surface area (Å²) in [4.78, 5) is 18.7. The molecule has 0 spiro atoms. The summed E-state index contributed by atoms with van der Waals surface area (Å²) in [6, 6.07) is 11.6. The molecule has 0 amide bonds. The number of carbonyl (C=O) groups is 1. The Labute approximate surface area is 137 Å². The summed E-state index contributed by atoms with van der Waals surface area (Å²) in [5.41, 5.74) is 1.23. The van der Waals surface area contributed by atoms with Crippen LogP contribution in [-0.2, 0) is 6.18 Å². The molecule has 0 aliphatic carbocycles. The van der Waals surface area contributed by atoms with Gasteiger partial charge in [-0.1, -0.05) is 30.3 Å². The Hall–Kier alpha value is -2.28. The number of alkyl halides is 3. The molecule has 0 unspecified atom stereocenters.